The lowest BCUT2D eigenvalue weighted by atomic mass is 9.89. The normalized spacial score (nSPS) is 18.1. The average Bonchev–Trinajstić information content (AvgIpc) is 2.80. The van der Waals surface area contributed by atoms with Crippen LogP contribution in [0.25, 0.3) is 11.1 Å². The highest BCUT2D eigenvalue weighted by Gasteiger charge is 2.32. The maximum absolute atomic E-state index is 12.6. The number of nitrogens with zero attached hydrogens (tertiary/aromatic N) is 1. The Bertz CT molecular complexity index is 979. The second kappa shape index (κ2) is 12.1. The largest absolute Gasteiger partial charge is 0.465 e. The van der Waals surface area contributed by atoms with Crippen LogP contribution < -0.4 is 10.2 Å². The molecule has 7 heteroatoms. The topological polar surface area (TPSA) is 99.1 Å². The lowest BCUT2D eigenvalue weighted by molar-refractivity contribution is 0.0490. The van der Waals surface area contributed by atoms with E-state index < -0.39 is 17.8 Å². The number of anilines is 1. The fourth-order valence-electron chi connectivity index (χ4n) is 4.64. The molecule has 7 nitrogen and oxygen atoms in total. The number of carboxylic acid groups (broad SMARTS) is 1. The molecule has 0 bridgehead atoms. The summed E-state index contributed by atoms with van der Waals surface area (Å²) in [6.45, 7) is 5.64. The van der Waals surface area contributed by atoms with Gasteiger partial charge in [0.2, 0.25) is 0 Å². The van der Waals surface area contributed by atoms with Gasteiger partial charge in [-0.1, -0.05) is 42.5 Å². The van der Waals surface area contributed by atoms with Gasteiger partial charge in [0.1, 0.15) is 5.60 Å². The van der Waals surface area contributed by atoms with Gasteiger partial charge < -0.3 is 20.3 Å². The predicted molar refractivity (Wildman–Crippen MR) is 138 cm³/mol. The molecule has 0 heterocycles. The van der Waals surface area contributed by atoms with Gasteiger partial charge in [0.25, 0.3) is 0 Å². The molecule has 1 aliphatic rings. The van der Waals surface area contributed by atoms with Gasteiger partial charge in [0, 0.05) is 24.3 Å². The zero-order chi connectivity index (χ0) is 25.4. The Labute approximate surface area is 208 Å². The van der Waals surface area contributed by atoms with Crippen molar-refractivity contribution < 1.29 is 24.5 Å². The molecular weight excluding hydrogens is 444 g/mol. The van der Waals surface area contributed by atoms with Gasteiger partial charge in [-0.15, -0.1) is 0 Å². The van der Waals surface area contributed by atoms with Crippen LogP contribution in [0.5, 0.6) is 0 Å². The number of nitrogens with one attached hydrogen (secondary N) is 1. The van der Waals surface area contributed by atoms with Crippen LogP contribution in [0.1, 0.15) is 64.9 Å². The highest BCUT2D eigenvalue weighted by molar-refractivity contribution is 5.93. The van der Waals surface area contributed by atoms with Crippen LogP contribution >= 0.6 is 0 Å². The maximum atomic E-state index is 12.6. The van der Waals surface area contributed by atoms with Gasteiger partial charge in [0.15, 0.2) is 0 Å². The van der Waals surface area contributed by atoms with Crippen molar-refractivity contribution in [1.29, 1.82) is 0 Å². The van der Waals surface area contributed by atoms with E-state index in [1.165, 1.54) is 4.90 Å². The van der Waals surface area contributed by atoms with Gasteiger partial charge in [-0.25, -0.2) is 9.59 Å². The van der Waals surface area contributed by atoms with Gasteiger partial charge in [-0.2, -0.15) is 0 Å². The fourth-order valence-corrected chi connectivity index (χ4v) is 4.64. The van der Waals surface area contributed by atoms with Crippen LogP contribution in [-0.4, -0.2) is 46.7 Å². The Morgan fingerprint density at radius 2 is 1.71 bits per heavy atom. The number of unbranched alkanes of at least 4 members (excludes halogenated alkanes) is 1. The van der Waals surface area contributed by atoms with Crippen molar-refractivity contribution in [3.8, 4) is 11.1 Å². The molecule has 35 heavy (non-hydrogen) atoms. The highest BCUT2D eigenvalue weighted by Crippen LogP contribution is 2.36. The molecule has 0 radical (unpaired) electrons. The molecule has 3 N–H and O–H groups in total. The lowest BCUT2D eigenvalue weighted by Crippen LogP contribution is -2.47. The van der Waals surface area contributed by atoms with E-state index in [1.807, 2.05) is 69.3 Å². The number of carbonyl (C=O) groups excluding carboxylic acids is 1. The Hall–Kier alpha value is -3.06. The summed E-state index contributed by atoms with van der Waals surface area (Å²) in [5, 5.41) is 22.4. The zero-order valence-corrected chi connectivity index (χ0v) is 21.0. The molecule has 2 aromatic carbocycles. The second-order valence-electron chi connectivity index (χ2n) is 10.2. The van der Waals surface area contributed by atoms with Crippen LogP contribution in [0.2, 0.25) is 0 Å². The fraction of sp³-hybridized carbons (Fsp3) is 0.500. The molecule has 2 aromatic rings. The quantitative estimate of drug-likeness (QED) is 0.402. The van der Waals surface area contributed by atoms with Crippen molar-refractivity contribution in [3.63, 3.8) is 0 Å². The third kappa shape index (κ3) is 7.72. The molecule has 1 fully saturated rings. The molecule has 190 valence electrons. The SMILES string of the molecule is CC(C)(C)OC(=O)N[C@H]1CC[C@H](N(C(=O)O)c2cc(CCCCO)ccc2-c2ccccc2)CC1. The highest BCUT2D eigenvalue weighted by atomic mass is 16.6. The summed E-state index contributed by atoms with van der Waals surface area (Å²) in [6.07, 6.45) is 3.60. The summed E-state index contributed by atoms with van der Waals surface area (Å²) in [5.41, 5.74) is 3.04. The van der Waals surface area contributed by atoms with Crippen LogP contribution in [-0.2, 0) is 11.2 Å². The number of rotatable bonds is 8. The zero-order valence-electron chi connectivity index (χ0n) is 21.0. The van der Waals surface area contributed by atoms with Crippen molar-refractivity contribution in [1.82, 2.24) is 5.32 Å². The first-order valence-corrected chi connectivity index (χ1v) is 12.5. The van der Waals surface area contributed by atoms with Gasteiger partial charge in [-0.3, -0.25) is 4.90 Å². The van der Waals surface area contributed by atoms with E-state index in [2.05, 4.69) is 5.32 Å². The van der Waals surface area contributed by atoms with E-state index in [4.69, 9.17) is 9.84 Å². The molecule has 0 saturated heterocycles. The standard InChI is InChI=1S/C28H38N2O5/c1-28(2,3)35-26(32)29-22-13-15-23(16-14-22)30(27(33)34)25-19-20(9-7-8-18-31)12-17-24(25)21-10-5-4-6-11-21/h4-6,10-12,17,19,22-23,31H,7-9,13-16,18H2,1-3H3,(H,29,32)(H,33,34)/t22-,23-. The van der Waals surface area contributed by atoms with Crippen molar-refractivity contribution in [2.75, 3.05) is 11.5 Å². The lowest BCUT2D eigenvalue weighted by Gasteiger charge is -2.36. The van der Waals surface area contributed by atoms with Crippen LogP contribution in [0, 0.1) is 0 Å². The number of aryl methyl sites for hydroxylation is 1. The Kier molecular flexibility index (Phi) is 9.15. The summed E-state index contributed by atoms with van der Waals surface area (Å²) in [5.74, 6) is 0. The number of ether oxygens (including phenoxy) is 1. The third-order valence-electron chi connectivity index (χ3n) is 6.27. The number of amides is 2. The molecule has 1 aliphatic carbocycles. The first-order chi connectivity index (χ1) is 16.7. The molecule has 3 rings (SSSR count). The average molecular weight is 483 g/mol. The van der Waals surface area contributed by atoms with Gasteiger partial charge in [0.05, 0.1) is 5.69 Å². The van der Waals surface area contributed by atoms with Crippen molar-refractivity contribution in [2.24, 2.45) is 0 Å². The number of hydrogen-bond acceptors (Lipinski definition) is 4. The molecule has 1 saturated carbocycles. The third-order valence-corrected chi connectivity index (χ3v) is 6.27. The van der Waals surface area contributed by atoms with Crippen molar-refractivity contribution >= 4 is 17.9 Å². The Morgan fingerprint density at radius 3 is 2.31 bits per heavy atom. The van der Waals surface area contributed by atoms with Gasteiger partial charge in [-0.05, 0) is 82.9 Å². The van der Waals surface area contributed by atoms with Crippen LogP contribution in [0.3, 0.4) is 0 Å². The summed E-state index contributed by atoms with van der Waals surface area (Å²) in [7, 11) is 0. The minimum absolute atomic E-state index is 0.0323. The van der Waals surface area contributed by atoms with E-state index in [1.54, 1.807) is 0 Å². The van der Waals surface area contributed by atoms with Crippen LogP contribution in [0.4, 0.5) is 15.3 Å². The number of aliphatic hydroxyl groups excluding tert-OH is 1. The Balaban J connectivity index is 1.81. The van der Waals surface area contributed by atoms with E-state index in [9.17, 15) is 14.7 Å². The van der Waals surface area contributed by atoms with E-state index in [0.29, 0.717) is 37.8 Å². The minimum Gasteiger partial charge on any atom is -0.465 e. The summed E-state index contributed by atoms with van der Waals surface area (Å²) in [6, 6.07) is 15.7. The second-order valence-corrected chi connectivity index (χ2v) is 10.2. The number of aliphatic hydroxyl groups is 1. The summed E-state index contributed by atoms with van der Waals surface area (Å²) >= 11 is 0. The van der Waals surface area contributed by atoms with Crippen molar-refractivity contribution in [3.05, 3.63) is 54.1 Å². The molecule has 0 atom stereocenters. The molecular formula is C28H38N2O5. The first-order valence-electron chi connectivity index (χ1n) is 12.5. The first kappa shape index (κ1) is 26.5. The number of benzene rings is 2. The number of carbonyl (C=O) groups is 2. The minimum atomic E-state index is -0.974. The molecule has 0 spiro atoms. The van der Waals surface area contributed by atoms with E-state index in [-0.39, 0.29) is 18.7 Å². The number of alkyl carbamates (subject to hydrolysis) is 1. The summed E-state index contributed by atoms with van der Waals surface area (Å²) in [4.78, 5) is 26.3. The van der Waals surface area contributed by atoms with Crippen molar-refractivity contribution in [2.45, 2.75) is 83.4 Å². The Morgan fingerprint density at radius 1 is 1.03 bits per heavy atom. The summed E-state index contributed by atoms with van der Waals surface area (Å²) < 4.78 is 5.37. The molecule has 0 aromatic heterocycles. The van der Waals surface area contributed by atoms with E-state index >= 15 is 0 Å². The molecule has 2 amide bonds. The molecule has 0 aliphatic heterocycles. The predicted octanol–water partition coefficient (Wildman–Crippen LogP) is 5.99. The monoisotopic (exact) mass is 482 g/mol. The van der Waals surface area contributed by atoms with Crippen LogP contribution in [0.15, 0.2) is 48.5 Å². The van der Waals surface area contributed by atoms with E-state index in [0.717, 1.165) is 29.5 Å². The molecule has 0 unspecified atom stereocenters. The number of hydrogen-bond donors (Lipinski definition) is 3. The maximum Gasteiger partial charge on any atom is 0.412 e. The smallest absolute Gasteiger partial charge is 0.412 e. The van der Waals surface area contributed by atoms with Gasteiger partial charge >= 0.3 is 12.2 Å².